The zero-order chi connectivity index (χ0) is 24.3. The van der Waals surface area contributed by atoms with E-state index in [9.17, 15) is 21.9 Å². The van der Waals surface area contributed by atoms with Crippen molar-refractivity contribution in [3.8, 4) is 5.75 Å². The summed E-state index contributed by atoms with van der Waals surface area (Å²) in [5, 5.41) is 11.4. The average Bonchev–Trinajstić information content (AvgIpc) is 3.19. The third-order valence-corrected chi connectivity index (χ3v) is 9.35. The standard InChI is InChI=1S/C22H26N4O6S2/c1-32-16-9-8-15(5-4-11-27)20(13-16)25-21-22(24-19-7-3-2-6-18(19)23-21)26-34(30,31)17-10-12-33(28,29)14-17/h2-3,6-9,13,17,27H,4-5,10-12,14H2,1H3,(H,23,25)(H,24,26)/t17-/m0/s1. The largest absolute Gasteiger partial charge is 0.497 e. The van der Waals surface area contributed by atoms with E-state index in [1.807, 2.05) is 6.07 Å². The molecule has 0 spiro atoms. The Morgan fingerprint density at radius 2 is 1.82 bits per heavy atom. The number of aliphatic hydroxyl groups is 1. The molecule has 0 unspecified atom stereocenters. The number of aryl methyl sites for hydroxylation is 1. The number of sulfonamides is 1. The number of nitrogens with zero attached hydrogens (tertiary/aromatic N) is 2. The third kappa shape index (κ3) is 5.40. The first-order valence-electron chi connectivity index (χ1n) is 10.7. The van der Waals surface area contributed by atoms with Crippen LogP contribution < -0.4 is 14.8 Å². The summed E-state index contributed by atoms with van der Waals surface area (Å²) in [5.41, 5.74) is 2.54. The molecule has 2 heterocycles. The molecule has 0 radical (unpaired) electrons. The van der Waals surface area contributed by atoms with Gasteiger partial charge in [0.15, 0.2) is 21.5 Å². The Labute approximate surface area is 198 Å². The average molecular weight is 507 g/mol. The van der Waals surface area contributed by atoms with E-state index in [1.165, 1.54) is 7.11 Å². The Kier molecular flexibility index (Phi) is 6.91. The molecule has 0 saturated carbocycles. The number of aromatic nitrogens is 2. The summed E-state index contributed by atoms with van der Waals surface area (Å²) >= 11 is 0. The van der Waals surface area contributed by atoms with Crippen molar-refractivity contribution < 1.29 is 26.7 Å². The number of anilines is 3. The Balaban J connectivity index is 1.75. The molecule has 10 nitrogen and oxygen atoms in total. The van der Waals surface area contributed by atoms with Gasteiger partial charge in [-0.15, -0.1) is 0 Å². The number of para-hydroxylation sites is 2. The van der Waals surface area contributed by atoms with E-state index in [1.54, 1.807) is 36.4 Å². The fourth-order valence-electron chi connectivity index (χ4n) is 3.80. The fraction of sp³-hybridized carbons (Fsp3) is 0.364. The number of aliphatic hydroxyl groups excluding tert-OH is 1. The van der Waals surface area contributed by atoms with Gasteiger partial charge in [-0.3, -0.25) is 4.72 Å². The fourth-order valence-corrected chi connectivity index (χ4v) is 7.83. The van der Waals surface area contributed by atoms with Crippen molar-refractivity contribution in [1.29, 1.82) is 0 Å². The minimum atomic E-state index is -4.03. The van der Waals surface area contributed by atoms with Crippen LogP contribution in [0.5, 0.6) is 5.75 Å². The Bertz CT molecular complexity index is 1410. The van der Waals surface area contributed by atoms with Crippen molar-refractivity contribution in [2.24, 2.45) is 0 Å². The molecule has 4 rings (SSSR count). The Morgan fingerprint density at radius 3 is 2.44 bits per heavy atom. The van der Waals surface area contributed by atoms with Crippen LogP contribution in [0.15, 0.2) is 42.5 Å². The molecule has 0 amide bonds. The number of hydrogen-bond acceptors (Lipinski definition) is 9. The molecule has 1 aliphatic heterocycles. The zero-order valence-corrected chi connectivity index (χ0v) is 20.2. The van der Waals surface area contributed by atoms with Crippen LogP contribution in [-0.2, 0) is 26.3 Å². The first kappa shape index (κ1) is 24.2. The molecular formula is C22H26N4O6S2. The van der Waals surface area contributed by atoms with Gasteiger partial charge in [0.25, 0.3) is 0 Å². The lowest BCUT2D eigenvalue weighted by atomic mass is 10.1. The highest BCUT2D eigenvalue weighted by atomic mass is 32.2. The summed E-state index contributed by atoms with van der Waals surface area (Å²) < 4.78 is 57.5. The lowest BCUT2D eigenvalue weighted by Crippen LogP contribution is -2.29. The molecule has 34 heavy (non-hydrogen) atoms. The topological polar surface area (TPSA) is 148 Å². The molecule has 12 heteroatoms. The second-order valence-electron chi connectivity index (χ2n) is 8.06. The highest BCUT2D eigenvalue weighted by Crippen LogP contribution is 2.31. The lowest BCUT2D eigenvalue weighted by Gasteiger charge is -2.18. The lowest BCUT2D eigenvalue weighted by molar-refractivity contribution is 0.288. The van der Waals surface area contributed by atoms with Crippen LogP contribution in [0.25, 0.3) is 11.0 Å². The molecule has 0 aliphatic carbocycles. The van der Waals surface area contributed by atoms with E-state index in [-0.39, 0.29) is 30.4 Å². The molecule has 1 atom stereocenters. The third-order valence-electron chi connectivity index (χ3n) is 5.61. The molecule has 3 aromatic rings. The summed E-state index contributed by atoms with van der Waals surface area (Å²) in [6, 6.07) is 12.4. The van der Waals surface area contributed by atoms with E-state index < -0.39 is 30.9 Å². The number of ether oxygens (including phenoxy) is 1. The van der Waals surface area contributed by atoms with Crippen molar-refractivity contribution in [2.45, 2.75) is 24.5 Å². The summed E-state index contributed by atoms with van der Waals surface area (Å²) in [5.74, 6) is 0.140. The van der Waals surface area contributed by atoms with Crippen LogP contribution in [0, 0.1) is 0 Å². The quantitative estimate of drug-likeness (QED) is 0.397. The highest BCUT2D eigenvalue weighted by Gasteiger charge is 2.38. The van der Waals surface area contributed by atoms with E-state index in [4.69, 9.17) is 4.74 Å². The molecule has 1 fully saturated rings. The molecule has 1 saturated heterocycles. The summed E-state index contributed by atoms with van der Waals surface area (Å²) in [7, 11) is -5.89. The second kappa shape index (κ2) is 9.72. The number of benzene rings is 2. The molecule has 2 aromatic carbocycles. The van der Waals surface area contributed by atoms with Crippen molar-refractivity contribution in [2.75, 3.05) is 35.3 Å². The van der Waals surface area contributed by atoms with Crippen LogP contribution in [0.2, 0.25) is 0 Å². The smallest absolute Gasteiger partial charge is 0.237 e. The van der Waals surface area contributed by atoms with Gasteiger partial charge in [0.05, 0.1) is 34.9 Å². The van der Waals surface area contributed by atoms with Crippen LogP contribution in [0.1, 0.15) is 18.4 Å². The van der Waals surface area contributed by atoms with E-state index in [0.717, 1.165) is 5.56 Å². The van der Waals surface area contributed by atoms with Crippen molar-refractivity contribution in [3.63, 3.8) is 0 Å². The van der Waals surface area contributed by atoms with E-state index in [0.29, 0.717) is 35.3 Å². The number of rotatable bonds is 9. The summed E-state index contributed by atoms with van der Waals surface area (Å²) in [4.78, 5) is 9.04. The number of fused-ring (bicyclic) bond motifs is 1. The van der Waals surface area contributed by atoms with Gasteiger partial charge in [-0.05, 0) is 43.0 Å². The minimum Gasteiger partial charge on any atom is -0.497 e. The molecular weight excluding hydrogens is 480 g/mol. The maximum atomic E-state index is 13.0. The summed E-state index contributed by atoms with van der Waals surface area (Å²) in [6.07, 6.45) is 1.15. The van der Waals surface area contributed by atoms with Gasteiger partial charge in [-0.1, -0.05) is 18.2 Å². The van der Waals surface area contributed by atoms with Crippen LogP contribution >= 0.6 is 0 Å². The van der Waals surface area contributed by atoms with Crippen molar-refractivity contribution in [3.05, 3.63) is 48.0 Å². The monoisotopic (exact) mass is 506 g/mol. The van der Waals surface area contributed by atoms with Crippen molar-refractivity contribution in [1.82, 2.24) is 9.97 Å². The minimum absolute atomic E-state index is 0.0244. The van der Waals surface area contributed by atoms with Gasteiger partial charge in [-0.2, -0.15) is 0 Å². The Hall–Kier alpha value is -2.96. The predicted octanol–water partition coefficient (Wildman–Crippen LogP) is 2.24. The maximum Gasteiger partial charge on any atom is 0.237 e. The van der Waals surface area contributed by atoms with Crippen LogP contribution in [-0.4, -0.2) is 62.4 Å². The molecule has 182 valence electrons. The van der Waals surface area contributed by atoms with Crippen LogP contribution in [0.4, 0.5) is 17.3 Å². The van der Waals surface area contributed by atoms with Gasteiger partial charge in [0.2, 0.25) is 10.0 Å². The number of nitrogens with one attached hydrogen (secondary N) is 2. The Morgan fingerprint density at radius 1 is 1.12 bits per heavy atom. The van der Waals surface area contributed by atoms with Crippen LogP contribution in [0.3, 0.4) is 0 Å². The first-order chi connectivity index (χ1) is 16.2. The molecule has 1 aliphatic rings. The summed E-state index contributed by atoms with van der Waals surface area (Å²) in [6.45, 7) is 0.0244. The molecule has 0 bridgehead atoms. The van der Waals surface area contributed by atoms with Crippen molar-refractivity contribution >= 4 is 48.2 Å². The first-order valence-corrected chi connectivity index (χ1v) is 14.1. The van der Waals surface area contributed by atoms with Gasteiger partial charge in [-0.25, -0.2) is 26.8 Å². The second-order valence-corrected chi connectivity index (χ2v) is 12.2. The van der Waals surface area contributed by atoms with E-state index in [2.05, 4.69) is 20.0 Å². The van der Waals surface area contributed by atoms with Gasteiger partial charge >= 0.3 is 0 Å². The zero-order valence-electron chi connectivity index (χ0n) is 18.6. The normalized spacial score (nSPS) is 17.5. The van der Waals surface area contributed by atoms with E-state index >= 15 is 0 Å². The maximum absolute atomic E-state index is 13.0. The van der Waals surface area contributed by atoms with Gasteiger partial charge in [0, 0.05) is 18.4 Å². The number of hydrogen-bond donors (Lipinski definition) is 3. The molecule has 3 N–H and O–H groups in total. The highest BCUT2D eigenvalue weighted by molar-refractivity contribution is 7.97. The number of methoxy groups -OCH3 is 1. The van der Waals surface area contributed by atoms with Gasteiger partial charge < -0.3 is 15.2 Å². The number of sulfone groups is 1. The SMILES string of the molecule is COc1ccc(CCCO)c(Nc2nc3ccccc3nc2NS(=O)(=O)[C@H]2CCS(=O)(=O)C2)c1. The predicted molar refractivity (Wildman–Crippen MR) is 131 cm³/mol. The molecule has 1 aromatic heterocycles. The van der Waals surface area contributed by atoms with Gasteiger partial charge in [0.1, 0.15) is 5.75 Å².